The van der Waals surface area contributed by atoms with E-state index in [0.29, 0.717) is 13.1 Å². The fraction of sp³-hybridized carbons (Fsp3) is 0.214. The smallest absolute Gasteiger partial charge is 0.292 e. The molecular weight excluding hydrogens is 290 g/mol. The summed E-state index contributed by atoms with van der Waals surface area (Å²) in [6.45, 7) is 1.13. The van der Waals surface area contributed by atoms with Crippen molar-refractivity contribution in [2.24, 2.45) is 0 Å². The Kier molecular flexibility index (Phi) is 3.34. The van der Waals surface area contributed by atoms with Crippen LogP contribution in [0.5, 0.6) is 0 Å². The zero-order valence-corrected chi connectivity index (χ0v) is 11.9. The van der Waals surface area contributed by atoms with Gasteiger partial charge >= 0.3 is 0 Å². The fourth-order valence-corrected chi connectivity index (χ4v) is 3.38. The number of fused-ring (bicyclic) bond motifs is 1. The maximum absolute atomic E-state index is 12.6. The van der Waals surface area contributed by atoms with E-state index in [1.165, 1.54) is 23.1 Å². The minimum absolute atomic E-state index is 0.0661. The van der Waals surface area contributed by atoms with Gasteiger partial charge in [0.05, 0.1) is 10.5 Å². The number of hydrogen-bond donors (Lipinski definition) is 1. The molecule has 0 saturated carbocycles. The van der Waals surface area contributed by atoms with E-state index in [9.17, 15) is 14.9 Å². The molecule has 7 heteroatoms. The van der Waals surface area contributed by atoms with Crippen molar-refractivity contribution in [1.82, 2.24) is 4.90 Å². The Labute approximate surface area is 124 Å². The molecule has 1 aromatic carbocycles. The predicted octanol–water partition coefficient (Wildman–Crippen LogP) is 2.44. The van der Waals surface area contributed by atoms with Gasteiger partial charge in [-0.05, 0) is 29.5 Å². The Bertz CT molecular complexity index is 726. The largest absolute Gasteiger partial charge is 0.393 e. The number of thiophene rings is 1. The summed E-state index contributed by atoms with van der Waals surface area (Å²) in [5.74, 6) is -0.256. The molecule has 1 aromatic heterocycles. The highest BCUT2D eigenvalue weighted by Gasteiger charge is 2.26. The molecule has 0 atom stereocenters. The SMILES string of the molecule is Nc1c(C(=O)N2CCc3sccc3C2)cccc1[N+](=O)[O-]. The Morgan fingerprint density at radius 1 is 1.38 bits per heavy atom. The number of nitro benzene ring substituents is 1. The van der Waals surface area contributed by atoms with Crippen LogP contribution in [0.25, 0.3) is 0 Å². The number of carbonyl (C=O) groups is 1. The van der Waals surface area contributed by atoms with Crippen LogP contribution in [-0.2, 0) is 13.0 Å². The number of nitrogen functional groups attached to an aromatic ring is 1. The van der Waals surface area contributed by atoms with Crippen molar-refractivity contribution in [3.63, 3.8) is 0 Å². The standard InChI is InChI=1S/C14H13N3O3S/c15-13-10(2-1-3-11(13)17(19)20)14(18)16-6-4-12-9(8-16)5-7-21-12/h1-3,5,7H,4,6,8,15H2. The topological polar surface area (TPSA) is 89.5 Å². The van der Waals surface area contributed by atoms with Gasteiger partial charge in [0.2, 0.25) is 0 Å². The molecule has 2 aromatic rings. The van der Waals surface area contributed by atoms with Gasteiger partial charge in [0.1, 0.15) is 5.69 Å². The molecule has 0 saturated heterocycles. The quantitative estimate of drug-likeness (QED) is 0.524. The van der Waals surface area contributed by atoms with Crippen LogP contribution >= 0.6 is 11.3 Å². The number of nitro groups is 1. The summed E-state index contributed by atoms with van der Waals surface area (Å²) in [6.07, 6.45) is 0.813. The molecule has 0 aliphatic carbocycles. The Hall–Kier alpha value is -2.41. The summed E-state index contributed by atoms with van der Waals surface area (Å²) < 4.78 is 0. The van der Waals surface area contributed by atoms with E-state index in [1.807, 2.05) is 11.4 Å². The number of hydrogen-bond acceptors (Lipinski definition) is 5. The van der Waals surface area contributed by atoms with Gasteiger partial charge < -0.3 is 10.6 Å². The minimum Gasteiger partial charge on any atom is -0.393 e. The first-order valence-electron chi connectivity index (χ1n) is 6.45. The lowest BCUT2D eigenvalue weighted by Gasteiger charge is -2.27. The number of nitrogens with two attached hydrogens (primary N) is 1. The van der Waals surface area contributed by atoms with Crippen LogP contribution < -0.4 is 5.73 Å². The molecule has 2 N–H and O–H groups in total. The molecule has 0 fully saturated rings. The molecular formula is C14H13N3O3S. The molecule has 108 valence electrons. The second-order valence-electron chi connectivity index (χ2n) is 4.84. The third-order valence-corrected chi connectivity index (χ3v) is 4.63. The van der Waals surface area contributed by atoms with Crippen molar-refractivity contribution in [2.45, 2.75) is 13.0 Å². The van der Waals surface area contributed by atoms with Crippen molar-refractivity contribution in [3.8, 4) is 0 Å². The number of anilines is 1. The highest BCUT2D eigenvalue weighted by atomic mass is 32.1. The highest BCUT2D eigenvalue weighted by Crippen LogP contribution is 2.29. The summed E-state index contributed by atoms with van der Waals surface area (Å²) in [5, 5.41) is 12.9. The van der Waals surface area contributed by atoms with Gasteiger partial charge in [-0.2, -0.15) is 0 Å². The van der Waals surface area contributed by atoms with Gasteiger partial charge in [0.25, 0.3) is 11.6 Å². The van der Waals surface area contributed by atoms with Crippen LogP contribution in [-0.4, -0.2) is 22.3 Å². The second kappa shape index (κ2) is 5.17. The van der Waals surface area contributed by atoms with Gasteiger partial charge in [-0.1, -0.05) is 6.07 Å². The molecule has 0 radical (unpaired) electrons. The van der Waals surface area contributed by atoms with Crippen molar-refractivity contribution < 1.29 is 9.72 Å². The number of rotatable bonds is 2. The van der Waals surface area contributed by atoms with E-state index in [2.05, 4.69) is 0 Å². The summed E-state index contributed by atoms with van der Waals surface area (Å²) in [4.78, 5) is 25.9. The van der Waals surface area contributed by atoms with Crippen LogP contribution in [0, 0.1) is 10.1 Å². The average molecular weight is 303 g/mol. The fourth-order valence-electron chi connectivity index (χ4n) is 2.49. The lowest BCUT2D eigenvalue weighted by molar-refractivity contribution is -0.383. The number of benzene rings is 1. The van der Waals surface area contributed by atoms with Crippen molar-refractivity contribution in [2.75, 3.05) is 12.3 Å². The monoisotopic (exact) mass is 303 g/mol. The number of carbonyl (C=O) groups excluding carboxylic acids is 1. The van der Waals surface area contributed by atoms with E-state index in [0.717, 1.165) is 12.0 Å². The molecule has 1 aliphatic heterocycles. The van der Waals surface area contributed by atoms with Crippen LogP contribution in [0.1, 0.15) is 20.8 Å². The summed E-state index contributed by atoms with van der Waals surface area (Å²) >= 11 is 1.69. The molecule has 3 rings (SSSR count). The van der Waals surface area contributed by atoms with Crippen molar-refractivity contribution in [3.05, 3.63) is 55.8 Å². The minimum atomic E-state index is -0.570. The maximum Gasteiger partial charge on any atom is 0.292 e. The molecule has 0 unspecified atom stereocenters. The predicted molar refractivity (Wildman–Crippen MR) is 80.3 cm³/mol. The summed E-state index contributed by atoms with van der Waals surface area (Å²) in [7, 11) is 0. The number of nitrogens with zero attached hydrogens (tertiary/aromatic N) is 2. The lowest BCUT2D eigenvalue weighted by atomic mass is 10.1. The average Bonchev–Trinajstić information content (AvgIpc) is 2.93. The Balaban J connectivity index is 1.90. The number of amides is 1. The van der Waals surface area contributed by atoms with Crippen LogP contribution in [0.15, 0.2) is 29.6 Å². The molecule has 1 amide bonds. The third-order valence-electron chi connectivity index (χ3n) is 3.61. The third kappa shape index (κ3) is 2.36. The van der Waals surface area contributed by atoms with E-state index in [4.69, 9.17) is 5.73 Å². The zero-order chi connectivity index (χ0) is 15.0. The molecule has 6 nitrogen and oxygen atoms in total. The first-order chi connectivity index (χ1) is 10.1. The zero-order valence-electron chi connectivity index (χ0n) is 11.1. The maximum atomic E-state index is 12.6. The molecule has 0 bridgehead atoms. The first-order valence-corrected chi connectivity index (χ1v) is 7.33. The number of para-hydroxylation sites is 1. The van der Waals surface area contributed by atoms with Gasteiger partial charge in [-0.25, -0.2) is 0 Å². The molecule has 2 heterocycles. The second-order valence-corrected chi connectivity index (χ2v) is 5.84. The van der Waals surface area contributed by atoms with E-state index in [-0.39, 0.29) is 22.8 Å². The Morgan fingerprint density at radius 2 is 2.19 bits per heavy atom. The van der Waals surface area contributed by atoms with Gasteiger partial charge in [0.15, 0.2) is 0 Å². The van der Waals surface area contributed by atoms with Crippen LogP contribution in [0.2, 0.25) is 0 Å². The van der Waals surface area contributed by atoms with Gasteiger partial charge in [-0.15, -0.1) is 11.3 Å². The van der Waals surface area contributed by atoms with E-state index < -0.39 is 4.92 Å². The molecule has 0 spiro atoms. The first kappa shape index (κ1) is 13.6. The normalized spacial score (nSPS) is 13.8. The van der Waals surface area contributed by atoms with Crippen molar-refractivity contribution in [1.29, 1.82) is 0 Å². The summed E-state index contributed by atoms with van der Waals surface area (Å²) in [5.41, 5.74) is 6.82. The van der Waals surface area contributed by atoms with Crippen LogP contribution in [0.3, 0.4) is 0 Å². The Morgan fingerprint density at radius 3 is 2.95 bits per heavy atom. The van der Waals surface area contributed by atoms with E-state index >= 15 is 0 Å². The van der Waals surface area contributed by atoms with Crippen molar-refractivity contribution >= 4 is 28.6 Å². The van der Waals surface area contributed by atoms with E-state index in [1.54, 1.807) is 16.2 Å². The summed E-state index contributed by atoms with van der Waals surface area (Å²) in [6, 6.07) is 6.34. The van der Waals surface area contributed by atoms with Gasteiger partial charge in [-0.3, -0.25) is 14.9 Å². The molecule has 21 heavy (non-hydrogen) atoms. The highest BCUT2D eigenvalue weighted by molar-refractivity contribution is 7.10. The van der Waals surface area contributed by atoms with Gasteiger partial charge in [0, 0.05) is 24.0 Å². The lowest BCUT2D eigenvalue weighted by Crippen LogP contribution is -2.35. The molecule has 1 aliphatic rings. The van der Waals surface area contributed by atoms with Crippen LogP contribution in [0.4, 0.5) is 11.4 Å².